The number of nitrogens with zero attached hydrogens (tertiary/aromatic N) is 1. The minimum absolute atomic E-state index is 0.0504. The summed E-state index contributed by atoms with van der Waals surface area (Å²) in [7, 11) is 0. The van der Waals surface area contributed by atoms with Gasteiger partial charge in [-0.15, -0.1) is 0 Å². The highest BCUT2D eigenvalue weighted by atomic mass is 79.9. The number of hydrogen-bond donors (Lipinski definition) is 0. The van der Waals surface area contributed by atoms with Gasteiger partial charge in [-0.3, -0.25) is 4.79 Å². The summed E-state index contributed by atoms with van der Waals surface area (Å²) < 4.78 is 6.31. The molecule has 1 atom stereocenters. The van der Waals surface area contributed by atoms with Crippen LogP contribution in [-0.4, -0.2) is 37.1 Å². The number of hydrogen-bond acceptors (Lipinski definition) is 2. The lowest BCUT2D eigenvalue weighted by molar-refractivity contribution is 0.0501. The molecule has 1 heterocycles. The SMILES string of the molecule is CCOCC1CCCN(C(=O)c2cc(Cl)cc(Br)c2)C1. The summed E-state index contributed by atoms with van der Waals surface area (Å²) in [5.41, 5.74) is 0.640. The molecular weight excluding hydrogens is 342 g/mol. The Kier molecular flexibility index (Phi) is 5.87. The van der Waals surface area contributed by atoms with Crippen molar-refractivity contribution in [1.29, 1.82) is 0 Å². The number of ether oxygens (including phenoxy) is 1. The van der Waals surface area contributed by atoms with E-state index in [0.29, 0.717) is 16.5 Å². The summed E-state index contributed by atoms with van der Waals surface area (Å²) in [5, 5.41) is 0.575. The van der Waals surface area contributed by atoms with Crippen LogP contribution in [0.2, 0.25) is 5.02 Å². The fraction of sp³-hybridized carbons (Fsp3) is 0.533. The van der Waals surface area contributed by atoms with Crippen molar-refractivity contribution in [2.75, 3.05) is 26.3 Å². The zero-order valence-corrected chi connectivity index (χ0v) is 13.9. The van der Waals surface area contributed by atoms with Gasteiger partial charge in [0.1, 0.15) is 0 Å². The van der Waals surface area contributed by atoms with Gasteiger partial charge < -0.3 is 9.64 Å². The molecule has 1 aliphatic rings. The topological polar surface area (TPSA) is 29.5 Å². The van der Waals surface area contributed by atoms with Crippen molar-refractivity contribution in [3.8, 4) is 0 Å². The zero-order valence-electron chi connectivity index (χ0n) is 11.6. The minimum Gasteiger partial charge on any atom is -0.381 e. The number of carbonyl (C=O) groups excluding carboxylic acids is 1. The van der Waals surface area contributed by atoms with Gasteiger partial charge in [-0.05, 0) is 43.9 Å². The van der Waals surface area contributed by atoms with Gasteiger partial charge in [-0.2, -0.15) is 0 Å². The molecule has 1 fully saturated rings. The maximum absolute atomic E-state index is 12.5. The lowest BCUT2D eigenvalue weighted by atomic mass is 9.98. The van der Waals surface area contributed by atoms with E-state index in [2.05, 4.69) is 15.9 Å². The van der Waals surface area contributed by atoms with E-state index in [1.807, 2.05) is 17.9 Å². The predicted octanol–water partition coefficient (Wildman–Crippen LogP) is 3.99. The molecule has 1 unspecified atom stereocenters. The molecule has 110 valence electrons. The summed E-state index contributed by atoms with van der Waals surface area (Å²) in [6, 6.07) is 5.33. The largest absolute Gasteiger partial charge is 0.381 e. The molecule has 1 aromatic rings. The fourth-order valence-electron chi connectivity index (χ4n) is 2.53. The normalized spacial score (nSPS) is 19.1. The van der Waals surface area contributed by atoms with Gasteiger partial charge in [0.15, 0.2) is 0 Å². The molecule has 1 amide bonds. The number of likely N-dealkylation sites (tertiary alicyclic amines) is 1. The number of amides is 1. The number of rotatable bonds is 4. The van der Waals surface area contributed by atoms with Crippen LogP contribution in [0.5, 0.6) is 0 Å². The third-order valence-corrected chi connectivity index (χ3v) is 4.15. The molecule has 5 heteroatoms. The maximum atomic E-state index is 12.5. The highest BCUT2D eigenvalue weighted by molar-refractivity contribution is 9.10. The molecule has 20 heavy (non-hydrogen) atoms. The van der Waals surface area contributed by atoms with E-state index in [4.69, 9.17) is 16.3 Å². The number of piperidine rings is 1. The lowest BCUT2D eigenvalue weighted by Gasteiger charge is -2.32. The Morgan fingerprint density at radius 3 is 3.00 bits per heavy atom. The molecular formula is C15H19BrClNO2. The maximum Gasteiger partial charge on any atom is 0.253 e. The first-order valence-electron chi connectivity index (χ1n) is 6.93. The lowest BCUT2D eigenvalue weighted by Crippen LogP contribution is -2.41. The second kappa shape index (κ2) is 7.43. The molecule has 0 bridgehead atoms. The van der Waals surface area contributed by atoms with Gasteiger partial charge in [-0.1, -0.05) is 27.5 Å². The van der Waals surface area contributed by atoms with Crippen LogP contribution in [0, 0.1) is 5.92 Å². The molecule has 1 aliphatic heterocycles. The number of carbonyl (C=O) groups is 1. The predicted molar refractivity (Wildman–Crippen MR) is 84.3 cm³/mol. The van der Waals surface area contributed by atoms with Crippen LogP contribution in [0.3, 0.4) is 0 Å². The summed E-state index contributed by atoms with van der Waals surface area (Å²) in [4.78, 5) is 14.4. The minimum atomic E-state index is 0.0504. The van der Waals surface area contributed by atoms with Crippen LogP contribution < -0.4 is 0 Å². The summed E-state index contributed by atoms with van der Waals surface area (Å²) in [5.74, 6) is 0.490. The first-order valence-corrected chi connectivity index (χ1v) is 8.10. The van der Waals surface area contributed by atoms with Crippen LogP contribution in [0.15, 0.2) is 22.7 Å². The van der Waals surface area contributed by atoms with E-state index in [1.54, 1.807) is 12.1 Å². The third-order valence-electron chi connectivity index (χ3n) is 3.47. The number of benzene rings is 1. The summed E-state index contributed by atoms with van der Waals surface area (Å²) >= 11 is 9.39. The van der Waals surface area contributed by atoms with E-state index in [1.165, 1.54) is 0 Å². The van der Waals surface area contributed by atoms with Crippen molar-refractivity contribution in [2.45, 2.75) is 19.8 Å². The van der Waals surface area contributed by atoms with E-state index < -0.39 is 0 Å². The van der Waals surface area contributed by atoms with Gasteiger partial charge in [0.2, 0.25) is 0 Å². The van der Waals surface area contributed by atoms with E-state index >= 15 is 0 Å². The molecule has 0 saturated carbocycles. The zero-order chi connectivity index (χ0) is 14.5. The van der Waals surface area contributed by atoms with Gasteiger partial charge in [0.25, 0.3) is 5.91 Å². The third kappa shape index (κ3) is 4.21. The monoisotopic (exact) mass is 359 g/mol. The molecule has 0 spiro atoms. The number of halogens is 2. The van der Waals surface area contributed by atoms with Crippen molar-refractivity contribution in [1.82, 2.24) is 4.90 Å². The quantitative estimate of drug-likeness (QED) is 0.812. The van der Waals surface area contributed by atoms with Gasteiger partial charge in [0, 0.05) is 34.8 Å². The van der Waals surface area contributed by atoms with Crippen molar-refractivity contribution in [2.24, 2.45) is 5.92 Å². The molecule has 0 aromatic heterocycles. The van der Waals surface area contributed by atoms with Crippen LogP contribution in [0.1, 0.15) is 30.1 Å². The Bertz CT molecular complexity index is 461. The standard InChI is InChI=1S/C15H19BrClNO2/c1-2-20-10-11-4-3-5-18(9-11)15(19)12-6-13(16)8-14(17)7-12/h6-8,11H,2-5,9-10H2,1H3. The average molecular weight is 361 g/mol. The molecule has 1 saturated heterocycles. The van der Waals surface area contributed by atoms with Crippen molar-refractivity contribution < 1.29 is 9.53 Å². The molecule has 3 nitrogen and oxygen atoms in total. The fourth-order valence-corrected chi connectivity index (χ4v) is 3.39. The molecule has 2 rings (SSSR count). The first-order chi connectivity index (χ1) is 9.60. The summed E-state index contributed by atoms with van der Waals surface area (Å²) in [6.07, 6.45) is 2.16. The van der Waals surface area contributed by atoms with E-state index in [9.17, 15) is 4.79 Å². The van der Waals surface area contributed by atoms with Crippen LogP contribution >= 0.6 is 27.5 Å². The highest BCUT2D eigenvalue weighted by Gasteiger charge is 2.24. The Labute approximate surface area is 133 Å². The first kappa shape index (κ1) is 15.8. The highest BCUT2D eigenvalue weighted by Crippen LogP contribution is 2.23. The van der Waals surface area contributed by atoms with Gasteiger partial charge in [0.05, 0.1) is 6.61 Å². The van der Waals surface area contributed by atoms with Crippen LogP contribution in [-0.2, 0) is 4.74 Å². The average Bonchev–Trinajstić information content (AvgIpc) is 2.43. The van der Waals surface area contributed by atoms with Gasteiger partial charge in [-0.25, -0.2) is 0 Å². The Morgan fingerprint density at radius 1 is 1.50 bits per heavy atom. The van der Waals surface area contributed by atoms with Crippen molar-refractivity contribution in [3.05, 3.63) is 33.3 Å². The summed E-state index contributed by atoms with van der Waals surface area (Å²) in [6.45, 7) is 5.04. The second-order valence-corrected chi connectivity index (χ2v) is 6.43. The van der Waals surface area contributed by atoms with Gasteiger partial charge >= 0.3 is 0 Å². The van der Waals surface area contributed by atoms with E-state index in [0.717, 1.165) is 43.6 Å². The smallest absolute Gasteiger partial charge is 0.253 e. The Balaban J connectivity index is 2.04. The molecule has 0 aliphatic carbocycles. The molecule has 0 N–H and O–H groups in total. The van der Waals surface area contributed by atoms with Crippen LogP contribution in [0.4, 0.5) is 0 Å². The van der Waals surface area contributed by atoms with E-state index in [-0.39, 0.29) is 5.91 Å². The Morgan fingerprint density at radius 2 is 2.30 bits per heavy atom. The molecule has 0 radical (unpaired) electrons. The Hall–Kier alpha value is -0.580. The van der Waals surface area contributed by atoms with Crippen LogP contribution in [0.25, 0.3) is 0 Å². The van der Waals surface area contributed by atoms with Crippen molar-refractivity contribution >= 4 is 33.4 Å². The van der Waals surface area contributed by atoms with Crippen molar-refractivity contribution in [3.63, 3.8) is 0 Å². The second-order valence-electron chi connectivity index (χ2n) is 5.08. The molecule has 1 aromatic carbocycles.